The molecule has 0 radical (unpaired) electrons. The number of carbonyl (C=O) groups excluding carboxylic acids is 1. The van der Waals surface area contributed by atoms with Gasteiger partial charge in [-0.3, -0.25) is 4.79 Å². The summed E-state index contributed by atoms with van der Waals surface area (Å²) < 4.78 is 0. The van der Waals surface area contributed by atoms with Gasteiger partial charge in [0, 0.05) is 6.54 Å². The van der Waals surface area contributed by atoms with Gasteiger partial charge >= 0.3 is 5.97 Å². The smallest absolute Gasteiger partial charge is 0.326 e. The Balaban J connectivity index is 2.76. The molecule has 1 aliphatic heterocycles. The van der Waals surface area contributed by atoms with Crippen molar-refractivity contribution in [2.75, 3.05) is 6.54 Å². The Kier molecular flexibility index (Phi) is 3.10. The van der Waals surface area contributed by atoms with E-state index in [4.69, 9.17) is 10.8 Å². The number of nitrogens with two attached hydrogens (primary N) is 1. The van der Waals surface area contributed by atoms with Gasteiger partial charge in [-0.2, -0.15) is 0 Å². The molecular weight excluding hydrogens is 184 g/mol. The van der Waals surface area contributed by atoms with Gasteiger partial charge < -0.3 is 15.7 Å². The highest BCUT2D eigenvalue weighted by Crippen LogP contribution is 2.23. The quantitative estimate of drug-likeness (QED) is 0.638. The van der Waals surface area contributed by atoms with Crippen molar-refractivity contribution in [1.82, 2.24) is 4.90 Å². The molecule has 1 unspecified atom stereocenters. The molecule has 0 bridgehead atoms. The molecule has 14 heavy (non-hydrogen) atoms. The number of carbonyl (C=O) groups is 2. The third-order valence-corrected chi connectivity index (χ3v) is 2.47. The summed E-state index contributed by atoms with van der Waals surface area (Å²) in [5, 5.41) is 8.90. The van der Waals surface area contributed by atoms with Crippen molar-refractivity contribution in [3.8, 4) is 0 Å². The maximum absolute atomic E-state index is 11.5. The Labute approximate surface area is 82.9 Å². The number of nitrogens with zero attached hydrogens (tertiary/aromatic N) is 1. The zero-order valence-electron chi connectivity index (χ0n) is 8.43. The third kappa shape index (κ3) is 2.04. The zero-order chi connectivity index (χ0) is 10.9. The summed E-state index contributed by atoms with van der Waals surface area (Å²) in [6.07, 6.45) is 0.522. The van der Waals surface area contributed by atoms with Crippen LogP contribution >= 0.6 is 0 Å². The van der Waals surface area contributed by atoms with Crippen molar-refractivity contribution < 1.29 is 14.7 Å². The first-order chi connectivity index (χ1) is 6.43. The molecule has 80 valence electrons. The summed E-state index contributed by atoms with van der Waals surface area (Å²) in [5.41, 5.74) is 5.44. The minimum absolute atomic E-state index is 0.235. The number of aliphatic carboxylic acids is 1. The van der Waals surface area contributed by atoms with Crippen molar-refractivity contribution in [1.29, 1.82) is 0 Å². The van der Waals surface area contributed by atoms with Crippen LogP contribution in [0.15, 0.2) is 0 Å². The van der Waals surface area contributed by atoms with Crippen LogP contribution in [0.25, 0.3) is 0 Å². The van der Waals surface area contributed by atoms with Crippen LogP contribution < -0.4 is 5.73 Å². The summed E-state index contributed by atoms with van der Waals surface area (Å²) in [6.45, 7) is 4.01. The second-order valence-corrected chi connectivity index (χ2v) is 3.97. The summed E-state index contributed by atoms with van der Waals surface area (Å²) >= 11 is 0. The van der Waals surface area contributed by atoms with Crippen LogP contribution in [-0.4, -0.2) is 40.5 Å². The van der Waals surface area contributed by atoms with Gasteiger partial charge in [-0.1, -0.05) is 6.92 Å². The highest BCUT2D eigenvalue weighted by molar-refractivity contribution is 5.87. The second-order valence-electron chi connectivity index (χ2n) is 3.97. The van der Waals surface area contributed by atoms with Crippen LogP contribution in [0.2, 0.25) is 0 Å². The Morgan fingerprint density at radius 1 is 1.57 bits per heavy atom. The molecule has 5 nitrogen and oxygen atoms in total. The zero-order valence-corrected chi connectivity index (χ0v) is 8.43. The molecule has 0 aromatic heterocycles. The molecule has 0 aromatic rings. The summed E-state index contributed by atoms with van der Waals surface area (Å²) in [4.78, 5) is 23.8. The highest BCUT2D eigenvalue weighted by atomic mass is 16.4. The highest BCUT2D eigenvalue weighted by Gasteiger charge is 2.38. The minimum atomic E-state index is -0.941. The van der Waals surface area contributed by atoms with E-state index in [0.717, 1.165) is 0 Å². The topological polar surface area (TPSA) is 83.6 Å². The fourth-order valence-corrected chi connectivity index (χ4v) is 1.79. The fraction of sp³-hybridized carbons (Fsp3) is 0.778. The maximum Gasteiger partial charge on any atom is 0.326 e. The third-order valence-electron chi connectivity index (χ3n) is 2.47. The predicted molar refractivity (Wildman–Crippen MR) is 50.6 cm³/mol. The Hall–Kier alpha value is -1.10. The lowest BCUT2D eigenvalue weighted by Crippen LogP contribution is -2.47. The number of rotatable bonds is 2. The number of likely N-dealkylation sites (tertiary alicyclic amines) is 1. The summed E-state index contributed by atoms with van der Waals surface area (Å²) in [7, 11) is 0. The van der Waals surface area contributed by atoms with Crippen molar-refractivity contribution in [2.24, 2.45) is 11.7 Å². The molecular formula is C9H16N2O3. The van der Waals surface area contributed by atoms with Gasteiger partial charge in [0.05, 0.1) is 6.04 Å². The molecule has 1 saturated heterocycles. The van der Waals surface area contributed by atoms with Gasteiger partial charge in [-0.25, -0.2) is 4.79 Å². The average Bonchev–Trinajstić information content (AvgIpc) is 2.45. The van der Waals surface area contributed by atoms with E-state index in [9.17, 15) is 9.59 Å². The lowest BCUT2D eigenvalue weighted by Gasteiger charge is -2.23. The Morgan fingerprint density at radius 2 is 2.14 bits per heavy atom. The predicted octanol–water partition coefficient (Wildman–Crippen LogP) is -0.345. The standard InChI is InChI=1S/C9H16N2O3/c1-5-3-7(9(13)14)11(4-5)8(12)6(2)10/h5-7H,3-4,10H2,1-2H3,(H,13,14)/t5?,6-,7-/m0/s1. The van der Waals surface area contributed by atoms with E-state index in [-0.39, 0.29) is 11.8 Å². The van der Waals surface area contributed by atoms with E-state index in [1.54, 1.807) is 6.92 Å². The first-order valence-corrected chi connectivity index (χ1v) is 4.72. The van der Waals surface area contributed by atoms with Crippen LogP contribution in [0.4, 0.5) is 0 Å². The number of hydrogen-bond acceptors (Lipinski definition) is 3. The van der Waals surface area contributed by atoms with Crippen molar-refractivity contribution >= 4 is 11.9 Å². The van der Waals surface area contributed by atoms with Crippen molar-refractivity contribution in [2.45, 2.75) is 32.4 Å². The van der Waals surface area contributed by atoms with Gasteiger partial charge in [0.2, 0.25) is 5.91 Å². The SMILES string of the molecule is CC1C[C@@H](C(=O)O)N(C(=O)[C@H](C)N)C1. The van der Waals surface area contributed by atoms with Crippen LogP contribution in [-0.2, 0) is 9.59 Å². The minimum Gasteiger partial charge on any atom is -0.480 e. The van der Waals surface area contributed by atoms with Crippen LogP contribution in [0, 0.1) is 5.92 Å². The monoisotopic (exact) mass is 200 g/mol. The van der Waals surface area contributed by atoms with E-state index in [0.29, 0.717) is 13.0 Å². The van der Waals surface area contributed by atoms with E-state index >= 15 is 0 Å². The molecule has 1 amide bonds. The lowest BCUT2D eigenvalue weighted by atomic mass is 10.1. The van der Waals surface area contributed by atoms with E-state index < -0.39 is 18.1 Å². The molecule has 3 N–H and O–H groups in total. The molecule has 1 heterocycles. The van der Waals surface area contributed by atoms with Crippen LogP contribution in [0.3, 0.4) is 0 Å². The molecule has 0 saturated carbocycles. The molecule has 1 rings (SSSR count). The number of carboxylic acid groups (broad SMARTS) is 1. The van der Waals surface area contributed by atoms with Gasteiger partial charge in [0.15, 0.2) is 0 Å². The van der Waals surface area contributed by atoms with Crippen molar-refractivity contribution in [3.05, 3.63) is 0 Å². The molecule has 0 aromatic carbocycles. The van der Waals surface area contributed by atoms with E-state index in [2.05, 4.69) is 0 Å². The van der Waals surface area contributed by atoms with Gasteiger partial charge in [0.25, 0.3) is 0 Å². The molecule has 0 aliphatic carbocycles. The largest absolute Gasteiger partial charge is 0.480 e. The first-order valence-electron chi connectivity index (χ1n) is 4.72. The summed E-state index contributed by atoms with van der Waals surface area (Å²) in [6, 6.07) is -1.31. The van der Waals surface area contributed by atoms with Gasteiger partial charge in [0.1, 0.15) is 6.04 Å². The lowest BCUT2D eigenvalue weighted by molar-refractivity contribution is -0.148. The molecule has 1 fully saturated rings. The van der Waals surface area contributed by atoms with E-state index in [1.165, 1.54) is 4.90 Å². The van der Waals surface area contributed by atoms with Crippen molar-refractivity contribution in [3.63, 3.8) is 0 Å². The van der Waals surface area contributed by atoms with E-state index in [1.807, 2.05) is 6.92 Å². The molecule has 1 aliphatic rings. The second kappa shape index (κ2) is 3.96. The Morgan fingerprint density at radius 3 is 2.57 bits per heavy atom. The van der Waals surface area contributed by atoms with Crippen LogP contribution in [0.5, 0.6) is 0 Å². The molecule has 3 atom stereocenters. The van der Waals surface area contributed by atoms with Gasteiger partial charge in [-0.15, -0.1) is 0 Å². The number of hydrogen-bond donors (Lipinski definition) is 2. The van der Waals surface area contributed by atoms with Gasteiger partial charge in [-0.05, 0) is 19.3 Å². The van der Waals surface area contributed by atoms with Crippen LogP contribution in [0.1, 0.15) is 20.3 Å². The Bertz CT molecular complexity index is 252. The summed E-state index contributed by atoms with van der Waals surface area (Å²) in [5.74, 6) is -0.983. The average molecular weight is 200 g/mol. The normalized spacial score (nSPS) is 28.9. The molecule has 0 spiro atoms. The maximum atomic E-state index is 11.5. The number of amides is 1. The first kappa shape index (κ1) is 11.0. The fourth-order valence-electron chi connectivity index (χ4n) is 1.79. The number of carboxylic acids is 1. The molecule has 5 heteroatoms.